The smallest absolute Gasteiger partial charge is 0.271 e. The topological polar surface area (TPSA) is 79.0 Å². The number of rotatable bonds is 5. The van der Waals surface area contributed by atoms with Crippen LogP contribution in [0.3, 0.4) is 0 Å². The minimum absolute atomic E-state index is 0.000220. The van der Waals surface area contributed by atoms with Gasteiger partial charge < -0.3 is 0 Å². The van der Waals surface area contributed by atoms with Crippen molar-refractivity contribution >= 4 is 17.9 Å². The van der Waals surface area contributed by atoms with Crippen LogP contribution in [0.2, 0.25) is 0 Å². The molecule has 0 saturated heterocycles. The van der Waals surface area contributed by atoms with Crippen molar-refractivity contribution in [3.05, 3.63) is 88.1 Å². The van der Waals surface area contributed by atoms with Gasteiger partial charge in [0.1, 0.15) is 17.3 Å². The molecule has 0 atom stereocenters. The highest BCUT2D eigenvalue weighted by Crippen LogP contribution is 2.33. The molecule has 3 aromatic rings. The van der Waals surface area contributed by atoms with Crippen molar-refractivity contribution in [2.75, 3.05) is 6.54 Å². The number of benzene rings is 2. The zero-order valence-corrected chi connectivity index (χ0v) is 20.7. The van der Waals surface area contributed by atoms with Crippen LogP contribution in [0.4, 0.5) is 0 Å². The molecule has 0 N–H and O–H groups in total. The second-order valence-corrected chi connectivity index (χ2v) is 9.32. The SMILES string of the molecule is CC1=C(C#N)C(=O)N(CC(C)C)C(=O)/C1=C/c1cn(-c2ccccc2)nc1-c1cc(C)ccc1C. The Hall–Kier alpha value is -4.24. The fraction of sp³-hybridized carbons (Fsp3) is 0.241. The Labute approximate surface area is 205 Å². The average Bonchev–Trinajstić information content (AvgIpc) is 3.25. The van der Waals surface area contributed by atoms with Crippen LogP contribution in [0.1, 0.15) is 37.5 Å². The summed E-state index contributed by atoms with van der Waals surface area (Å²) in [7, 11) is 0. The van der Waals surface area contributed by atoms with Crippen molar-refractivity contribution in [2.45, 2.75) is 34.6 Å². The molecule has 0 fully saturated rings. The van der Waals surface area contributed by atoms with Gasteiger partial charge in [-0.05, 0) is 62.1 Å². The molecule has 0 spiro atoms. The summed E-state index contributed by atoms with van der Waals surface area (Å²) in [6.45, 7) is 9.84. The fourth-order valence-electron chi connectivity index (χ4n) is 4.22. The van der Waals surface area contributed by atoms with Crippen molar-refractivity contribution in [3.8, 4) is 23.0 Å². The highest BCUT2D eigenvalue weighted by molar-refractivity contribution is 6.19. The van der Waals surface area contributed by atoms with Gasteiger partial charge in [-0.25, -0.2) is 4.68 Å². The number of hydrogen-bond donors (Lipinski definition) is 0. The van der Waals surface area contributed by atoms with Crippen LogP contribution in [-0.4, -0.2) is 33.0 Å². The van der Waals surface area contributed by atoms with E-state index in [0.717, 1.165) is 33.6 Å². The van der Waals surface area contributed by atoms with Gasteiger partial charge in [-0.3, -0.25) is 14.5 Å². The van der Waals surface area contributed by atoms with Crippen molar-refractivity contribution in [2.24, 2.45) is 5.92 Å². The summed E-state index contributed by atoms with van der Waals surface area (Å²) in [6.07, 6.45) is 3.65. The zero-order chi connectivity index (χ0) is 25.3. The molecule has 1 aromatic heterocycles. The zero-order valence-electron chi connectivity index (χ0n) is 20.7. The van der Waals surface area contributed by atoms with E-state index in [1.54, 1.807) is 17.7 Å². The molecule has 0 radical (unpaired) electrons. The number of aromatic nitrogens is 2. The molecule has 176 valence electrons. The Morgan fingerprint density at radius 2 is 1.74 bits per heavy atom. The molecule has 2 amide bonds. The quantitative estimate of drug-likeness (QED) is 0.374. The molecule has 0 bridgehead atoms. The largest absolute Gasteiger partial charge is 0.273 e. The van der Waals surface area contributed by atoms with Crippen LogP contribution in [0.15, 0.2) is 71.4 Å². The first-order valence-electron chi connectivity index (χ1n) is 11.6. The molecule has 2 aromatic carbocycles. The number of aryl methyl sites for hydroxylation is 2. The van der Waals surface area contributed by atoms with Crippen molar-refractivity contribution in [3.63, 3.8) is 0 Å². The van der Waals surface area contributed by atoms with Gasteiger partial charge in [-0.15, -0.1) is 0 Å². The lowest BCUT2D eigenvalue weighted by atomic mass is 9.92. The van der Waals surface area contributed by atoms with Gasteiger partial charge in [0.25, 0.3) is 11.8 Å². The molecular formula is C29H28N4O2. The van der Waals surface area contributed by atoms with Crippen LogP contribution in [0, 0.1) is 31.1 Å². The van der Waals surface area contributed by atoms with Crippen LogP contribution in [0.25, 0.3) is 23.0 Å². The summed E-state index contributed by atoms with van der Waals surface area (Å²) in [4.78, 5) is 27.5. The van der Waals surface area contributed by atoms with Crippen LogP contribution in [0.5, 0.6) is 0 Å². The minimum Gasteiger partial charge on any atom is -0.273 e. The standard InChI is InChI=1S/C29H28N4O2/c1-18(2)16-32-28(34)25(21(5)26(15-30)29(32)35)14-22-17-33(23-9-7-6-8-10-23)31-27(22)24-13-19(3)11-12-20(24)4/h6-14,17-18H,16H2,1-5H3/b25-14+. The summed E-state index contributed by atoms with van der Waals surface area (Å²) in [5.41, 5.74) is 6.21. The Morgan fingerprint density at radius 3 is 2.40 bits per heavy atom. The lowest BCUT2D eigenvalue weighted by Crippen LogP contribution is -2.44. The second kappa shape index (κ2) is 9.55. The van der Waals surface area contributed by atoms with E-state index < -0.39 is 5.91 Å². The minimum atomic E-state index is -0.532. The predicted molar refractivity (Wildman–Crippen MR) is 136 cm³/mol. The lowest BCUT2D eigenvalue weighted by Gasteiger charge is -2.28. The number of imide groups is 1. The van der Waals surface area contributed by atoms with Gasteiger partial charge in [0.05, 0.1) is 5.69 Å². The van der Waals surface area contributed by atoms with Gasteiger partial charge in [-0.2, -0.15) is 10.4 Å². The molecular weight excluding hydrogens is 436 g/mol. The molecule has 1 aliphatic heterocycles. The van der Waals surface area contributed by atoms with Crippen molar-refractivity contribution in [1.82, 2.24) is 14.7 Å². The second-order valence-electron chi connectivity index (χ2n) is 9.32. The Morgan fingerprint density at radius 1 is 1.03 bits per heavy atom. The number of hydrogen-bond acceptors (Lipinski definition) is 4. The third-order valence-corrected chi connectivity index (χ3v) is 6.08. The van der Waals surface area contributed by atoms with E-state index in [0.29, 0.717) is 11.1 Å². The molecule has 0 saturated carbocycles. The molecule has 1 aliphatic rings. The molecule has 6 heteroatoms. The summed E-state index contributed by atoms with van der Waals surface area (Å²) in [6, 6.07) is 18.0. The van der Waals surface area contributed by atoms with Gasteiger partial charge in [-0.1, -0.05) is 49.7 Å². The van der Waals surface area contributed by atoms with Gasteiger partial charge >= 0.3 is 0 Å². The van der Waals surface area contributed by atoms with E-state index in [9.17, 15) is 14.9 Å². The maximum absolute atomic E-state index is 13.5. The Kier molecular flexibility index (Phi) is 6.52. The maximum atomic E-state index is 13.5. The number of amides is 2. The molecule has 0 unspecified atom stereocenters. The summed E-state index contributed by atoms with van der Waals surface area (Å²) in [5, 5.41) is 14.6. The normalized spacial score (nSPS) is 15.3. The number of carbonyl (C=O) groups excluding carboxylic acids is 2. The maximum Gasteiger partial charge on any atom is 0.271 e. The molecule has 35 heavy (non-hydrogen) atoms. The first-order valence-corrected chi connectivity index (χ1v) is 11.6. The van der Waals surface area contributed by atoms with Crippen LogP contribution < -0.4 is 0 Å². The third-order valence-electron chi connectivity index (χ3n) is 6.08. The van der Waals surface area contributed by atoms with Gasteiger partial charge in [0, 0.05) is 29.4 Å². The lowest BCUT2D eigenvalue weighted by molar-refractivity contribution is -0.141. The van der Waals surface area contributed by atoms with Crippen LogP contribution in [-0.2, 0) is 9.59 Å². The first kappa shape index (κ1) is 23.9. The number of nitriles is 1. The summed E-state index contributed by atoms with van der Waals surface area (Å²) >= 11 is 0. The van der Waals surface area contributed by atoms with E-state index in [4.69, 9.17) is 5.10 Å². The van der Waals surface area contributed by atoms with Crippen molar-refractivity contribution < 1.29 is 9.59 Å². The predicted octanol–water partition coefficient (Wildman–Crippen LogP) is 5.40. The third kappa shape index (κ3) is 4.58. The van der Waals surface area contributed by atoms with Crippen LogP contribution >= 0.6 is 0 Å². The van der Waals surface area contributed by atoms with E-state index in [-0.39, 0.29) is 23.9 Å². The number of carbonyl (C=O) groups is 2. The van der Waals surface area contributed by atoms with E-state index in [1.807, 2.05) is 70.3 Å². The van der Waals surface area contributed by atoms with E-state index >= 15 is 0 Å². The Balaban J connectivity index is 1.95. The first-order chi connectivity index (χ1) is 16.7. The van der Waals surface area contributed by atoms with Gasteiger partial charge in [0.15, 0.2) is 0 Å². The van der Waals surface area contributed by atoms with E-state index in [1.165, 1.54) is 4.90 Å². The monoisotopic (exact) mass is 464 g/mol. The molecule has 2 heterocycles. The van der Waals surface area contributed by atoms with Crippen molar-refractivity contribution in [1.29, 1.82) is 5.26 Å². The molecule has 6 nitrogen and oxygen atoms in total. The highest BCUT2D eigenvalue weighted by Gasteiger charge is 2.36. The number of nitrogens with zero attached hydrogens (tertiary/aromatic N) is 4. The summed E-state index contributed by atoms with van der Waals surface area (Å²) < 4.78 is 1.79. The number of para-hydroxylation sites is 1. The van der Waals surface area contributed by atoms with Gasteiger partial charge in [0.2, 0.25) is 0 Å². The molecule has 4 rings (SSSR count). The fourth-order valence-corrected chi connectivity index (χ4v) is 4.22. The summed E-state index contributed by atoms with van der Waals surface area (Å²) in [5.74, 6) is -0.844. The highest BCUT2D eigenvalue weighted by atomic mass is 16.2. The molecule has 0 aliphatic carbocycles. The Bertz CT molecular complexity index is 1420. The van der Waals surface area contributed by atoms with E-state index in [2.05, 4.69) is 18.2 Å². The average molecular weight is 465 g/mol.